The number of β-amino-alcohol motifs (C(OH)–C–C–N with tert-alkyl or cyclic N) is 1. The predicted octanol–water partition coefficient (Wildman–Crippen LogP) is 4.93. The molecule has 0 aliphatic carbocycles. The molecule has 1 aliphatic rings. The molecule has 33 heavy (non-hydrogen) atoms. The van der Waals surface area contributed by atoms with Gasteiger partial charge in [-0.2, -0.15) is 0 Å². The maximum Gasteiger partial charge on any atom is 0.410 e. The smallest absolute Gasteiger partial charge is 0.410 e. The van der Waals surface area contributed by atoms with Gasteiger partial charge in [0.2, 0.25) is 5.91 Å². The third kappa shape index (κ3) is 6.57. The summed E-state index contributed by atoms with van der Waals surface area (Å²) in [4.78, 5) is 29.8. The SMILES string of the molecule is CCCCCC(c1ccccc1)N(CC)C(=O)[C@@H]1CC(O)CN1C(=O)OCc1ccccc1. The van der Waals surface area contributed by atoms with Crippen molar-refractivity contribution in [3.8, 4) is 0 Å². The van der Waals surface area contributed by atoms with Gasteiger partial charge in [0.25, 0.3) is 0 Å². The van der Waals surface area contributed by atoms with E-state index in [2.05, 4.69) is 19.1 Å². The fourth-order valence-electron chi connectivity index (χ4n) is 4.54. The van der Waals surface area contributed by atoms with Gasteiger partial charge in [-0.15, -0.1) is 0 Å². The minimum Gasteiger partial charge on any atom is -0.445 e. The zero-order valence-corrected chi connectivity index (χ0v) is 19.7. The number of unbranched alkanes of at least 4 members (excludes halogenated alkanes) is 2. The van der Waals surface area contributed by atoms with Crippen LogP contribution in [0.4, 0.5) is 4.79 Å². The molecule has 2 aromatic carbocycles. The largest absolute Gasteiger partial charge is 0.445 e. The van der Waals surface area contributed by atoms with Gasteiger partial charge >= 0.3 is 6.09 Å². The van der Waals surface area contributed by atoms with E-state index in [4.69, 9.17) is 4.74 Å². The minimum atomic E-state index is -0.739. The van der Waals surface area contributed by atoms with Crippen LogP contribution in [0.3, 0.4) is 0 Å². The molecule has 0 bridgehead atoms. The van der Waals surface area contributed by atoms with E-state index in [9.17, 15) is 14.7 Å². The van der Waals surface area contributed by atoms with E-state index < -0.39 is 18.2 Å². The van der Waals surface area contributed by atoms with E-state index in [1.807, 2.05) is 60.4 Å². The number of aliphatic hydroxyl groups is 1. The Labute approximate surface area is 197 Å². The van der Waals surface area contributed by atoms with Crippen LogP contribution in [-0.2, 0) is 16.1 Å². The molecule has 1 N–H and O–H groups in total. The highest BCUT2D eigenvalue weighted by Crippen LogP contribution is 2.30. The molecular formula is C27H36N2O4. The molecule has 3 atom stereocenters. The van der Waals surface area contributed by atoms with E-state index in [1.54, 1.807) is 0 Å². The molecule has 2 aromatic rings. The Kier molecular flexibility index (Phi) is 9.31. The molecule has 3 rings (SSSR count). The van der Waals surface area contributed by atoms with E-state index in [0.29, 0.717) is 6.54 Å². The summed E-state index contributed by atoms with van der Waals surface area (Å²) >= 11 is 0. The number of carbonyl (C=O) groups excluding carboxylic acids is 2. The van der Waals surface area contributed by atoms with Crippen molar-refractivity contribution in [2.45, 2.75) is 70.7 Å². The Hall–Kier alpha value is -2.86. The molecule has 2 amide bonds. The molecule has 2 unspecified atom stereocenters. The van der Waals surface area contributed by atoms with Crippen LogP contribution < -0.4 is 0 Å². The van der Waals surface area contributed by atoms with Gasteiger partial charge in [0.05, 0.1) is 18.7 Å². The number of nitrogens with zero attached hydrogens (tertiary/aromatic N) is 2. The molecule has 1 aliphatic heterocycles. The first kappa shape index (κ1) is 24.8. The maximum absolute atomic E-state index is 13.7. The van der Waals surface area contributed by atoms with Crippen LogP contribution in [0.5, 0.6) is 0 Å². The van der Waals surface area contributed by atoms with Crippen LogP contribution in [0.1, 0.15) is 63.1 Å². The fraction of sp³-hybridized carbons (Fsp3) is 0.481. The summed E-state index contributed by atoms with van der Waals surface area (Å²) in [6.45, 7) is 4.90. The molecule has 0 aromatic heterocycles. The first-order chi connectivity index (χ1) is 16.0. The third-order valence-corrected chi connectivity index (χ3v) is 6.27. The Morgan fingerprint density at radius 3 is 2.36 bits per heavy atom. The number of aliphatic hydroxyl groups excluding tert-OH is 1. The van der Waals surface area contributed by atoms with Gasteiger partial charge < -0.3 is 14.7 Å². The summed E-state index contributed by atoms with van der Waals surface area (Å²) < 4.78 is 5.48. The van der Waals surface area contributed by atoms with Gasteiger partial charge in [-0.25, -0.2) is 4.79 Å². The van der Waals surface area contributed by atoms with Gasteiger partial charge in [-0.3, -0.25) is 9.69 Å². The first-order valence-corrected chi connectivity index (χ1v) is 12.1. The van der Waals surface area contributed by atoms with Crippen molar-refractivity contribution in [1.29, 1.82) is 0 Å². The lowest BCUT2D eigenvalue weighted by molar-refractivity contribution is -0.138. The molecule has 178 valence electrons. The number of hydrogen-bond donors (Lipinski definition) is 1. The van der Waals surface area contributed by atoms with Gasteiger partial charge in [-0.1, -0.05) is 86.8 Å². The number of carbonyl (C=O) groups is 2. The molecule has 6 nitrogen and oxygen atoms in total. The monoisotopic (exact) mass is 452 g/mol. The van der Waals surface area contributed by atoms with Crippen LogP contribution in [0.25, 0.3) is 0 Å². The minimum absolute atomic E-state index is 0.0600. The Morgan fingerprint density at radius 2 is 1.73 bits per heavy atom. The second-order valence-electron chi connectivity index (χ2n) is 8.64. The Balaban J connectivity index is 1.75. The normalized spacial score (nSPS) is 18.7. The lowest BCUT2D eigenvalue weighted by Crippen LogP contribution is -2.49. The molecule has 0 saturated carbocycles. The summed E-state index contributed by atoms with van der Waals surface area (Å²) in [6.07, 6.45) is 3.03. The first-order valence-electron chi connectivity index (χ1n) is 12.1. The molecule has 1 saturated heterocycles. The lowest BCUT2D eigenvalue weighted by atomic mass is 9.97. The maximum atomic E-state index is 13.7. The number of likely N-dealkylation sites (N-methyl/N-ethyl adjacent to an activating group) is 1. The molecule has 0 radical (unpaired) electrons. The topological polar surface area (TPSA) is 70.1 Å². The second-order valence-corrected chi connectivity index (χ2v) is 8.64. The summed E-state index contributed by atoms with van der Waals surface area (Å²) in [5.74, 6) is -0.129. The van der Waals surface area contributed by atoms with Gasteiger partial charge in [0.15, 0.2) is 0 Å². The highest BCUT2D eigenvalue weighted by molar-refractivity contribution is 5.86. The highest BCUT2D eigenvalue weighted by Gasteiger charge is 2.42. The van der Waals surface area contributed by atoms with Crippen LogP contribution in [0.2, 0.25) is 0 Å². The van der Waals surface area contributed by atoms with Crippen molar-refractivity contribution in [3.63, 3.8) is 0 Å². The van der Waals surface area contributed by atoms with Crippen LogP contribution >= 0.6 is 0 Å². The van der Waals surface area contributed by atoms with Gasteiger partial charge in [0, 0.05) is 13.0 Å². The van der Waals surface area contributed by atoms with Crippen LogP contribution in [0, 0.1) is 0 Å². The quantitative estimate of drug-likeness (QED) is 0.519. The van der Waals surface area contributed by atoms with Crippen LogP contribution in [0.15, 0.2) is 60.7 Å². The molecule has 1 fully saturated rings. The Morgan fingerprint density at radius 1 is 1.06 bits per heavy atom. The summed E-state index contributed by atoms with van der Waals surface area (Å²) in [5, 5.41) is 10.3. The van der Waals surface area contributed by atoms with E-state index >= 15 is 0 Å². The number of ether oxygens (including phenoxy) is 1. The van der Waals surface area contributed by atoms with Crippen molar-refractivity contribution in [2.75, 3.05) is 13.1 Å². The average molecular weight is 453 g/mol. The van der Waals surface area contributed by atoms with E-state index in [-0.39, 0.29) is 31.5 Å². The average Bonchev–Trinajstić information content (AvgIpc) is 3.25. The van der Waals surface area contributed by atoms with E-state index in [1.165, 1.54) is 4.90 Å². The van der Waals surface area contributed by atoms with E-state index in [0.717, 1.165) is 36.8 Å². The zero-order chi connectivity index (χ0) is 23.6. The summed E-state index contributed by atoms with van der Waals surface area (Å²) in [6, 6.07) is 18.7. The number of likely N-dealkylation sites (tertiary alicyclic amines) is 1. The molecular weight excluding hydrogens is 416 g/mol. The highest BCUT2D eigenvalue weighted by atomic mass is 16.6. The number of amides is 2. The van der Waals surface area contributed by atoms with Gasteiger partial charge in [-0.05, 0) is 24.5 Å². The molecule has 1 heterocycles. The summed E-state index contributed by atoms with van der Waals surface area (Å²) in [5.41, 5.74) is 1.98. The summed E-state index contributed by atoms with van der Waals surface area (Å²) in [7, 11) is 0. The van der Waals surface area contributed by atoms with Crippen molar-refractivity contribution in [1.82, 2.24) is 9.80 Å². The number of benzene rings is 2. The predicted molar refractivity (Wildman–Crippen MR) is 128 cm³/mol. The van der Waals surface area contributed by atoms with Gasteiger partial charge in [0.1, 0.15) is 12.6 Å². The van der Waals surface area contributed by atoms with Crippen molar-refractivity contribution in [3.05, 3.63) is 71.8 Å². The van der Waals surface area contributed by atoms with Crippen molar-refractivity contribution >= 4 is 12.0 Å². The Bertz CT molecular complexity index is 874. The molecule has 0 spiro atoms. The van der Waals surface area contributed by atoms with Crippen molar-refractivity contribution < 1.29 is 19.4 Å². The third-order valence-electron chi connectivity index (χ3n) is 6.27. The van der Waals surface area contributed by atoms with Crippen molar-refractivity contribution in [2.24, 2.45) is 0 Å². The molecule has 6 heteroatoms. The zero-order valence-electron chi connectivity index (χ0n) is 19.7. The standard InChI is InChI=1S/C27H36N2O4/c1-3-5-8-17-24(22-15-11-7-12-16-22)28(4-2)26(31)25-18-23(30)19-29(25)27(32)33-20-21-13-9-6-10-14-21/h6-7,9-16,23-25,30H,3-5,8,17-20H2,1-2H3/t23?,24?,25-/m0/s1. The second kappa shape index (κ2) is 12.4. The fourth-order valence-corrected chi connectivity index (χ4v) is 4.54. The number of rotatable bonds is 10. The van der Waals surface area contributed by atoms with Crippen LogP contribution in [-0.4, -0.2) is 52.1 Å². The lowest BCUT2D eigenvalue weighted by Gasteiger charge is -2.35. The number of hydrogen-bond acceptors (Lipinski definition) is 4.